The number of benzene rings is 1. The molecule has 7 heteroatoms. The molecule has 0 atom stereocenters. The second-order valence-corrected chi connectivity index (χ2v) is 3.67. The standard InChI is InChI=1S/C12H17N3O4/c1-2-18-12(17)15-3-4-19-11(16)8-5-9(13)7-10(14)6-8/h5-7H,2-4,13-14H2,1H3,(H,15,17). The van der Waals surface area contributed by atoms with E-state index >= 15 is 0 Å². The van der Waals surface area contributed by atoms with E-state index < -0.39 is 12.1 Å². The Labute approximate surface area is 110 Å². The van der Waals surface area contributed by atoms with Crippen LogP contribution in [0.5, 0.6) is 0 Å². The van der Waals surface area contributed by atoms with Gasteiger partial charge in [0.15, 0.2) is 0 Å². The first-order valence-electron chi connectivity index (χ1n) is 5.76. The molecule has 1 aromatic carbocycles. The lowest BCUT2D eigenvalue weighted by Gasteiger charge is -2.07. The summed E-state index contributed by atoms with van der Waals surface area (Å²) in [6, 6.07) is 4.48. The highest BCUT2D eigenvalue weighted by Gasteiger charge is 2.09. The Hall–Kier alpha value is -2.44. The van der Waals surface area contributed by atoms with Gasteiger partial charge in [-0.05, 0) is 25.1 Å². The van der Waals surface area contributed by atoms with E-state index in [-0.39, 0.29) is 25.3 Å². The van der Waals surface area contributed by atoms with Crippen molar-refractivity contribution >= 4 is 23.4 Å². The van der Waals surface area contributed by atoms with E-state index in [9.17, 15) is 9.59 Å². The van der Waals surface area contributed by atoms with E-state index in [1.807, 2.05) is 0 Å². The van der Waals surface area contributed by atoms with Crippen molar-refractivity contribution in [2.45, 2.75) is 6.92 Å². The molecule has 19 heavy (non-hydrogen) atoms. The molecule has 0 fully saturated rings. The van der Waals surface area contributed by atoms with Crippen LogP contribution in [0.1, 0.15) is 17.3 Å². The third-order valence-electron chi connectivity index (χ3n) is 2.09. The van der Waals surface area contributed by atoms with Gasteiger partial charge in [-0.2, -0.15) is 0 Å². The molecule has 0 aliphatic heterocycles. The van der Waals surface area contributed by atoms with Crippen LogP contribution in [-0.4, -0.2) is 31.8 Å². The first kappa shape index (κ1) is 14.6. The van der Waals surface area contributed by atoms with Gasteiger partial charge < -0.3 is 26.3 Å². The molecule has 7 nitrogen and oxygen atoms in total. The van der Waals surface area contributed by atoms with Crippen molar-refractivity contribution in [3.63, 3.8) is 0 Å². The Morgan fingerprint density at radius 2 is 1.79 bits per heavy atom. The van der Waals surface area contributed by atoms with Gasteiger partial charge in [-0.15, -0.1) is 0 Å². The minimum Gasteiger partial charge on any atom is -0.460 e. The molecule has 0 spiro atoms. The van der Waals surface area contributed by atoms with Gasteiger partial charge in [-0.3, -0.25) is 0 Å². The highest BCUT2D eigenvalue weighted by atomic mass is 16.6. The largest absolute Gasteiger partial charge is 0.460 e. The summed E-state index contributed by atoms with van der Waals surface area (Å²) in [4.78, 5) is 22.6. The molecule has 0 unspecified atom stereocenters. The summed E-state index contributed by atoms with van der Waals surface area (Å²) in [6.07, 6.45) is -0.549. The van der Waals surface area contributed by atoms with Crippen molar-refractivity contribution in [2.75, 3.05) is 31.2 Å². The van der Waals surface area contributed by atoms with Crippen LogP contribution < -0.4 is 16.8 Å². The lowest BCUT2D eigenvalue weighted by atomic mass is 10.2. The number of rotatable bonds is 5. The number of amides is 1. The second-order valence-electron chi connectivity index (χ2n) is 3.67. The number of hydrogen-bond acceptors (Lipinski definition) is 6. The van der Waals surface area contributed by atoms with Crippen LogP contribution in [0.2, 0.25) is 0 Å². The number of alkyl carbamates (subject to hydrolysis) is 1. The molecule has 1 aromatic rings. The summed E-state index contributed by atoms with van der Waals surface area (Å²) in [5.74, 6) is -0.551. The Morgan fingerprint density at radius 1 is 1.16 bits per heavy atom. The fourth-order valence-electron chi connectivity index (χ4n) is 1.36. The van der Waals surface area contributed by atoms with Crippen molar-refractivity contribution in [3.05, 3.63) is 23.8 Å². The second kappa shape index (κ2) is 7.10. The molecule has 104 valence electrons. The normalized spacial score (nSPS) is 9.74. The van der Waals surface area contributed by atoms with E-state index in [0.29, 0.717) is 11.4 Å². The maximum atomic E-state index is 11.6. The molecule has 1 amide bonds. The molecule has 0 bridgehead atoms. The van der Waals surface area contributed by atoms with Crippen LogP contribution in [0.25, 0.3) is 0 Å². The topological polar surface area (TPSA) is 117 Å². The van der Waals surface area contributed by atoms with E-state index in [1.165, 1.54) is 12.1 Å². The minimum atomic E-state index is -0.551. The molecule has 0 saturated carbocycles. The monoisotopic (exact) mass is 267 g/mol. The van der Waals surface area contributed by atoms with E-state index in [1.54, 1.807) is 13.0 Å². The van der Waals surface area contributed by atoms with E-state index in [4.69, 9.17) is 16.2 Å². The Kier molecular flexibility index (Phi) is 5.46. The lowest BCUT2D eigenvalue weighted by molar-refractivity contribution is 0.0505. The molecular weight excluding hydrogens is 250 g/mol. The molecule has 0 aliphatic carbocycles. The van der Waals surface area contributed by atoms with Gasteiger partial charge in [0.25, 0.3) is 0 Å². The summed E-state index contributed by atoms with van der Waals surface area (Å²) in [5.41, 5.74) is 12.2. The molecule has 0 aliphatic rings. The third-order valence-corrected chi connectivity index (χ3v) is 2.09. The summed E-state index contributed by atoms with van der Waals surface area (Å²) in [5, 5.41) is 2.43. The Balaban J connectivity index is 2.37. The van der Waals surface area contributed by atoms with Crippen molar-refractivity contribution in [2.24, 2.45) is 0 Å². The van der Waals surface area contributed by atoms with Gasteiger partial charge >= 0.3 is 12.1 Å². The number of anilines is 2. The average Bonchev–Trinajstić information content (AvgIpc) is 2.33. The summed E-state index contributed by atoms with van der Waals surface area (Å²) >= 11 is 0. The predicted molar refractivity (Wildman–Crippen MR) is 70.6 cm³/mol. The fourth-order valence-corrected chi connectivity index (χ4v) is 1.36. The Bertz CT molecular complexity index is 442. The zero-order valence-corrected chi connectivity index (χ0v) is 10.6. The lowest BCUT2D eigenvalue weighted by Crippen LogP contribution is -2.28. The van der Waals surface area contributed by atoms with E-state index in [0.717, 1.165) is 0 Å². The maximum absolute atomic E-state index is 11.6. The number of nitrogens with one attached hydrogen (secondary N) is 1. The first-order chi connectivity index (χ1) is 9.02. The van der Waals surface area contributed by atoms with Crippen LogP contribution in [0, 0.1) is 0 Å². The molecule has 0 heterocycles. The van der Waals surface area contributed by atoms with Gasteiger partial charge in [-0.25, -0.2) is 9.59 Å². The number of hydrogen-bond donors (Lipinski definition) is 3. The van der Waals surface area contributed by atoms with Crippen molar-refractivity contribution in [1.29, 1.82) is 0 Å². The molecule has 0 radical (unpaired) electrons. The number of carbonyl (C=O) groups excluding carboxylic acids is 2. The van der Waals surface area contributed by atoms with Gasteiger partial charge in [-0.1, -0.05) is 0 Å². The highest BCUT2D eigenvalue weighted by Crippen LogP contribution is 2.14. The zero-order valence-electron chi connectivity index (χ0n) is 10.6. The number of esters is 1. The van der Waals surface area contributed by atoms with Gasteiger partial charge in [0.2, 0.25) is 0 Å². The quantitative estimate of drug-likeness (QED) is 0.412. The number of ether oxygens (including phenoxy) is 2. The van der Waals surface area contributed by atoms with Crippen LogP contribution >= 0.6 is 0 Å². The number of nitrogens with two attached hydrogens (primary N) is 2. The van der Waals surface area contributed by atoms with Crippen molar-refractivity contribution in [3.8, 4) is 0 Å². The molecule has 1 rings (SSSR count). The minimum absolute atomic E-state index is 0.0341. The van der Waals surface area contributed by atoms with Gasteiger partial charge in [0.1, 0.15) is 6.61 Å². The van der Waals surface area contributed by atoms with Crippen LogP contribution in [0.4, 0.5) is 16.2 Å². The van der Waals surface area contributed by atoms with Crippen molar-refractivity contribution < 1.29 is 19.1 Å². The fraction of sp³-hybridized carbons (Fsp3) is 0.333. The van der Waals surface area contributed by atoms with Gasteiger partial charge in [0.05, 0.1) is 18.7 Å². The molecular formula is C12H17N3O4. The maximum Gasteiger partial charge on any atom is 0.407 e. The SMILES string of the molecule is CCOC(=O)NCCOC(=O)c1cc(N)cc(N)c1. The summed E-state index contributed by atoms with van der Waals surface area (Å²) in [6.45, 7) is 2.19. The number of nitrogen functional groups attached to an aromatic ring is 2. The molecule has 0 saturated heterocycles. The summed E-state index contributed by atoms with van der Waals surface area (Å²) in [7, 11) is 0. The van der Waals surface area contributed by atoms with Crippen LogP contribution in [-0.2, 0) is 9.47 Å². The summed E-state index contributed by atoms with van der Waals surface area (Å²) < 4.78 is 9.59. The van der Waals surface area contributed by atoms with Crippen LogP contribution in [0.3, 0.4) is 0 Å². The highest BCUT2D eigenvalue weighted by molar-refractivity contribution is 5.91. The first-order valence-corrected chi connectivity index (χ1v) is 5.76. The number of carbonyl (C=O) groups is 2. The smallest absolute Gasteiger partial charge is 0.407 e. The zero-order chi connectivity index (χ0) is 14.3. The van der Waals surface area contributed by atoms with Crippen LogP contribution in [0.15, 0.2) is 18.2 Å². The van der Waals surface area contributed by atoms with E-state index in [2.05, 4.69) is 10.1 Å². The predicted octanol–water partition coefficient (Wildman–Crippen LogP) is 0.754. The van der Waals surface area contributed by atoms with Crippen molar-refractivity contribution in [1.82, 2.24) is 5.32 Å². The molecule has 0 aromatic heterocycles. The Morgan fingerprint density at radius 3 is 2.37 bits per heavy atom. The molecule has 5 N–H and O–H groups in total. The average molecular weight is 267 g/mol. The third kappa shape index (κ3) is 5.15. The van der Waals surface area contributed by atoms with Gasteiger partial charge in [0, 0.05) is 11.4 Å².